The molecular formula is C8H13NO2S2. The molecule has 2 rings (SSSR count). The van der Waals surface area contributed by atoms with E-state index in [-0.39, 0.29) is 15.9 Å². The first-order chi connectivity index (χ1) is 6.14. The number of aliphatic hydroxyl groups is 1. The van der Waals surface area contributed by atoms with Crippen LogP contribution in [0.3, 0.4) is 0 Å². The predicted octanol–water partition coefficient (Wildman–Crippen LogP) is 0.432. The van der Waals surface area contributed by atoms with Crippen molar-refractivity contribution in [1.29, 1.82) is 0 Å². The maximum absolute atomic E-state index is 11.1. The number of hydrogen-bond acceptors (Lipinski definition) is 5. The topological polar surface area (TPSA) is 49.3 Å². The zero-order valence-corrected chi connectivity index (χ0v) is 9.08. The Hall–Kier alpha value is 0.290. The Balaban J connectivity index is 2.11. The molecule has 1 unspecified atom stereocenters. The second-order valence-corrected chi connectivity index (χ2v) is 6.55. The monoisotopic (exact) mass is 219 g/mol. The highest BCUT2D eigenvalue weighted by Gasteiger charge is 2.50. The van der Waals surface area contributed by atoms with Gasteiger partial charge in [0.2, 0.25) is 0 Å². The molecule has 0 radical (unpaired) electrons. The van der Waals surface area contributed by atoms with Crippen LogP contribution >= 0.6 is 23.5 Å². The number of carbonyl (C=O) groups is 1. The Labute approximate surface area is 86.0 Å². The van der Waals surface area contributed by atoms with Gasteiger partial charge in [-0.3, -0.25) is 10.1 Å². The van der Waals surface area contributed by atoms with E-state index in [2.05, 4.69) is 5.32 Å². The molecule has 74 valence electrons. The number of hydrogen-bond donors (Lipinski definition) is 2. The van der Waals surface area contributed by atoms with Crippen LogP contribution in [0.15, 0.2) is 0 Å². The summed E-state index contributed by atoms with van der Waals surface area (Å²) in [5, 5.41) is 12.7. The van der Waals surface area contributed by atoms with Gasteiger partial charge in [-0.25, -0.2) is 0 Å². The van der Waals surface area contributed by atoms with Crippen molar-refractivity contribution in [3.8, 4) is 0 Å². The second-order valence-electron chi connectivity index (χ2n) is 3.45. The average molecular weight is 219 g/mol. The number of rotatable bonds is 1. The third-order valence-corrected chi connectivity index (χ3v) is 6.07. The van der Waals surface area contributed by atoms with E-state index in [0.717, 1.165) is 17.9 Å². The first-order valence-electron chi connectivity index (χ1n) is 4.36. The fraction of sp³-hybridized carbons (Fsp3) is 0.875. The zero-order chi connectivity index (χ0) is 9.47. The number of Topliss-reactive ketones (excluding diaryl/α,β-unsaturated/α-hetero) is 1. The number of aliphatic hydroxyl groups excluding tert-OH is 1. The Morgan fingerprint density at radius 1 is 1.54 bits per heavy atom. The molecule has 1 spiro atoms. The highest BCUT2D eigenvalue weighted by Crippen LogP contribution is 2.51. The first kappa shape index (κ1) is 9.83. The molecule has 0 aromatic carbocycles. The van der Waals surface area contributed by atoms with Crippen LogP contribution in [-0.4, -0.2) is 38.7 Å². The molecule has 2 fully saturated rings. The van der Waals surface area contributed by atoms with Gasteiger partial charge in [0.1, 0.15) is 16.1 Å². The van der Waals surface area contributed by atoms with E-state index < -0.39 is 6.23 Å². The molecule has 2 aliphatic rings. The van der Waals surface area contributed by atoms with Crippen molar-refractivity contribution in [3.63, 3.8) is 0 Å². The summed E-state index contributed by atoms with van der Waals surface area (Å²) in [6, 6.07) is -0.145. The van der Waals surface area contributed by atoms with Crippen LogP contribution in [0.5, 0.6) is 0 Å². The zero-order valence-electron chi connectivity index (χ0n) is 7.45. The number of nitrogens with one attached hydrogen (secondary N) is 1. The lowest BCUT2D eigenvalue weighted by molar-refractivity contribution is -0.118. The van der Waals surface area contributed by atoms with E-state index in [9.17, 15) is 9.90 Å². The average Bonchev–Trinajstić information content (AvgIpc) is 2.63. The van der Waals surface area contributed by atoms with Crippen molar-refractivity contribution in [3.05, 3.63) is 0 Å². The molecule has 0 aromatic heterocycles. The van der Waals surface area contributed by atoms with E-state index >= 15 is 0 Å². The molecule has 2 aliphatic heterocycles. The summed E-state index contributed by atoms with van der Waals surface area (Å²) in [7, 11) is 0. The summed E-state index contributed by atoms with van der Waals surface area (Å²) < 4.78 is -0.143. The smallest absolute Gasteiger partial charge is 0.146 e. The number of ketones is 1. The van der Waals surface area contributed by atoms with E-state index in [0.29, 0.717) is 0 Å². The largest absolute Gasteiger partial charge is 0.376 e. The van der Waals surface area contributed by atoms with Gasteiger partial charge < -0.3 is 5.11 Å². The van der Waals surface area contributed by atoms with E-state index in [1.807, 2.05) is 0 Å². The molecule has 3 nitrogen and oxygen atoms in total. The minimum absolute atomic E-state index is 0.129. The quantitative estimate of drug-likeness (QED) is 0.670. The van der Waals surface area contributed by atoms with Gasteiger partial charge in [0, 0.05) is 11.5 Å². The maximum Gasteiger partial charge on any atom is 0.146 e. The van der Waals surface area contributed by atoms with Gasteiger partial charge in [0.15, 0.2) is 0 Å². The van der Waals surface area contributed by atoms with E-state index in [4.69, 9.17) is 0 Å². The molecule has 2 saturated heterocycles. The predicted molar refractivity (Wildman–Crippen MR) is 55.9 cm³/mol. The lowest BCUT2D eigenvalue weighted by atomic mass is 10.1. The van der Waals surface area contributed by atoms with Crippen molar-refractivity contribution in [2.45, 2.75) is 29.7 Å². The van der Waals surface area contributed by atoms with Crippen molar-refractivity contribution in [2.75, 3.05) is 11.5 Å². The van der Waals surface area contributed by atoms with Crippen LogP contribution in [0, 0.1) is 0 Å². The molecule has 0 aliphatic carbocycles. The summed E-state index contributed by atoms with van der Waals surface area (Å²) in [4.78, 5) is 11.1. The van der Waals surface area contributed by atoms with E-state index in [1.54, 1.807) is 30.4 Å². The van der Waals surface area contributed by atoms with E-state index in [1.165, 1.54) is 0 Å². The summed E-state index contributed by atoms with van der Waals surface area (Å²) in [6.07, 6.45) is 0.234. The molecule has 2 heterocycles. The SMILES string of the molecule is CC(=O)[C@@H]1CC2(SCCS2)C(O)N1. The Morgan fingerprint density at radius 3 is 2.62 bits per heavy atom. The Kier molecular flexibility index (Phi) is 2.61. The summed E-state index contributed by atoms with van der Waals surface area (Å²) >= 11 is 3.56. The highest BCUT2D eigenvalue weighted by molar-refractivity contribution is 8.21. The molecule has 2 atom stereocenters. The minimum Gasteiger partial charge on any atom is -0.376 e. The molecular weight excluding hydrogens is 206 g/mol. The molecule has 5 heteroatoms. The fourth-order valence-electron chi connectivity index (χ4n) is 1.78. The van der Waals surface area contributed by atoms with Crippen molar-refractivity contribution in [2.24, 2.45) is 0 Å². The van der Waals surface area contributed by atoms with Crippen LogP contribution < -0.4 is 5.32 Å². The van der Waals surface area contributed by atoms with Gasteiger partial charge in [0.25, 0.3) is 0 Å². The third-order valence-electron chi connectivity index (χ3n) is 2.53. The van der Waals surface area contributed by atoms with Crippen molar-refractivity contribution >= 4 is 29.3 Å². The second kappa shape index (κ2) is 3.46. The van der Waals surface area contributed by atoms with Gasteiger partial charge in [-0.1, -0.05) is 0 Å². The highest BCUT2D eigenvalue weighted by atomic mass is 32.2. The van der Waals surface area contributed by atoms with Gasteiger partial charge in [-0.2, -0.15) is 0 Å². The Morgan fingerprint density at radius 2 is 2.15 bits per heavy atom. The third kappa shape index (κ3) is 1.63. The van der Waals surface area contributed by atoms with Crippen molar-refractivity contribution in [1.82, 2.24) is 5.32 Å². The molecule has 0 aromatic rings. The standard InChI is InChI=1S/C8H13NO2S2/c1-5(10)6-4-8(7(11)9-6)12-2-3-13-8/h6-7,9,11H,2-4H2,1H3/t6-,7?/m0/s1. The number of carbonyl (C=O) groups excluding carboxylic acids is 1. The van der Waals surface area contributed by atoms with Crippen molar-refractivity contribution < 1.29 is 9.90 Å². The lowest BCUT2D eigenvalue weighted by Gasteiger charge is -2.23. The molecule has 13 heavy (non-hydrogen) atoms. The molecule has 0 saturated carbocycles. The molecule has 0 amide bonds. The molecule has 2 N–H and O–H groups in total. The minimum atomic E-state index is -0.529. The normalized spacial score (nSPS) is 37.1. The summed E-state index contributed by atoms with van der Waals surface area (Å²) in [5.74, 6) is 2.28. The van der Waals surface area contributed by atoms with Gasteiger partial charge in [-0.05, 0) is 13.3 Å². The van der Waals surface area contributed by atoms with Gasteiger partial charge in [-0.15, -0.1) is 23.5 Å². The van der Waals surface area contributed by atoms with Crippen LogP contribution in [0.1, 0.15) is 13.3 Å². The first-order valence-corrected chi connectivity index (χ1v) is 6.34. The summed E-state index contributed by atoms with van der Waals surface area (Å²) in [6.45, 7) is 1.58. The fourth-order valence-corrected chi connectivity index (χ4v) is 4.99. The molecule has 0 bridgehead atoms. The van der Waals surface area contributed by atoms with Gasteiger partial charge in [0.05, 0.1) is 6.04 Å². The maximum atomic E-state index is 11.1. The number of thioether (sulfide) groups is 2. The summed E-state index contributed by atoms with van der Waals surface area (Å²) in [5.41, 5.74) is 0. The Bertz CT molecular complexity index is 228. The van der Waals surface area contributed by atoms with Crippen LogP contribution in [0.4, 0.5) is 0 Å². The lowest BCUT2D eigenvalue weighted by Crippen LogP contribution is -2.38. The van der Waals surface area contributed by atoms with Crippen LogP contribution in [0.25, 0.3) is 0 Å². The van der Waals surface area contributed by atoms with Gasteiger partial charge >= 0.3 is 0 Å². The van der Waals surface area contributed by atoms with Crippen LogP contribution in [-0.2, 0) is 4.79 Å². The van der Waals surface area contributed by atoms with Crippen LogP contribution in [0.2, 0.25) is 0 Å².